The Morgan fingerprint density at radius 3 is 2.47 bits per heavy atom. The first kappa shape index (κ1) is 20.8. The minimum atomic E-state index is -0.219. The number of carbonyl (C=O) groups is 2. The van der Waals surface area contributed by atoms with Gasteiger partial charge >= 0.3 is 0 Å². The van der Waals surface area contributed by atoms with Gasteiger partial charge < -0.3 is 14.9 Å². The van der Waals surface area contributed by atoms with E-state index in [1.54, 1.807) is 9.80 Å². The lowest BCUT2D eigenvalue weighted by Gasteiger charge is -2.59. The Morgan fingerprint density at radius 2 is 1.81 bits per heavy atom. The number of nitrogens with zero attached hydrogens (tertiary/aromatic N) is 2. The molecule has 0 aromatic heterocycles. The van der Waals surface area contributed by atoms with Gasteiger partial charge in [0.05, 0.1) is 25.2 Å². The van der Waals surface area contributed by atoms with E-state index in [-0.39, 0.29) is 48.9 Å². The summed E-state index contributed by atoms with van der Waals surface area (Å²) in [7, 11) is 0. The minimum Gasteiger partial charge on any atom is -0.394 e. The van der Waals surface area contributed by atoms with Crippen molar-refractivity contribution in [2.45, 2.75) is 43.7 Å². The van der Waals surface area contributed by atoms with Gasteiger partial charge in [-0.3, -0.25) is 9.59 Å². The first-order chi connectivity index (χ1) is 15.7. The van der Waals surface area contributed by atoms with Crippen molar-refractivity contribution < 1.29 is 14.7 Å². The van der Waals surface area contributed by atoms with Crippen molar-refractivity contribution in [1.29, 1.82) is 0 Å². The molecule has 5 heteroatoms. The van der Waals surface area contributed by atoms with Crippen molar-refractivity contribution in [3.63, 3.8) is 0 Å². The number of aliphatic hydroxyl groups is 1. The molecule has 1 aliphatic carbocycles. The van der Waals surface area contributed by atoms with Crippen LogP contribution in [0.5, 0.6) is 0 Å². The van der Waals surface area contributed by atoms with Gasteiger partial charge in [0, 0.05) is 30.4 Å². The van der Waals surface area contributed by atoms with Gasteiger partial charge in [-0.2, -0.15) is 0 Å². The Hall–Kier alpha value is -3.10. The average Bonchev–Trinajstić information content (AvgIpc) is 2.75. The highest BCUT2D eigenvalue weighted by Gasteiger charge is 2.54. The van der Waals surface area contributed by atoms with Crippen LogP contribution in [0.3, 0.4) is 0 Å². The van der Waals surface area contributed by atoms with Crippen LogP contribution in [0.4, 0.5) is 0 Å². The molecule has 2 saturated heterocycles. The molecule has 2 heterocycles. The van der Waals surface area contributed by atoms with Gasteiger partial charge in [0.15, 0.2) is 0 Å². The van der Waals surface area contributed by atoms with Gasteiger partial charge in [-0.25, -0.2) is 0 Å². The van der Waals surface area contributed by atoms with Crippen molar-refractivity contribution in [3.05, 3.63) is 71.3 Å². The summed E-state index contributed by atoms with van der Waals surface area (Å²) in [6.07, 6.45) is 3.69. The summed E-state index contributed by atoms with van der Waals surface area (Å²) >= 11 is 0. The number of benzene rings is 2. The molecule has 0 unspecified atom stereocenters. The molecule has 32 heavy (non-hydrogen) atoms. The maximum Gasteiger partial charge on any atom is 0.242 e. The van der Waals surface area contributed by atoms with Crippen molar-refractivity contribution in [3.8, 4) is 11.8 Å². The predicted octanol–water partition coefficient (Wildman–Crippen LogP) is 2.58. The molecule has 3 aliphatic rings. The van der Waals surface area contributed by atoms with Crippen molar-refractivity contribution in [1.82, 2.24) is 9.80 Å². The standard InChI is InChI=1S/C27H28N2O3/c30-18-24-26(23-16-28(17-25(31)29(23)24)27(32)22-10-5-11-22)21-14-12-20(13-15-21)9-4-8-19-6-2-1-3-7-19/h1-3,6-7,12-15,22-24,26,30H,5,8,10-11,16-18H2/t23-,24-,26-/m0/s1. The van der Waals surface area contributed by atoms with Crippen LogP contribution in [0.25, 0.3) is 0 Å². The summed E-state index contributed by atoms with van der Waals surface area (Å²) in [6, 6.07) is 18.0. The van der Waals surface area contributed by atoms with Crippen molar-refractivity contribution in [2.24, 2.45) is 5.92 Å². The molecule has 2 amide bonds. The van der Waals surface area contributed by atoms with Crippen molar-refractivity contribution in [2.75, 3.05) is 19.7 Å². The Balaban J connectivity index is 1.29. The third kappa shape index (κ3) is 3.80. The molecule has 2 aromatic rings. The molecular weight excluding hydrogens is 400 g/mol. The zero-order valence-corrected chi connectivity index (χ0v) is 18.1. The fourth-order valence-corrected chi connectivity index (χ4v) is 5.21. The summed E-state index contributed by atoms with van der Waals surface area (Å²) in [6.45, 7) is 0.633. The Labute approximate surface area is 189 Å². The summed E-state index contributed by atoms with van der Waals surface area (Å²) in [4.78, 5) is 29.0. The molecule has 2 aliphatic heterocycles. The molecule has 1 N–H and O–H groups in total. The number of rotatable bonds is 4. The van der Waals surface area contributed by atoms with Crippen LogP contribution < -0.4 is 0 Å². The lowest BCUT2D eigenvalue weighted by Crippen LogP contribution is -2.73. The van der Waals surface area contributed by atoms with E-state index in [1.165, 1.54) is 5.56 Å². The molecule has 3 fully saturated rings. The van der Waals surface area contributed by atoms with E-state index in [9.17, 15) is 14.7 Å². The quantitative estimate of drug-likeness (QED) is 0.762. The third-order valence-electron chi connectivity index (χ3n) is 7.18. The van der Waals surface area contributed by atoms with Crippen LogP contribution in [0.1, 0.15) is 41.9 Å². The van der Waals surface area contributed by atoms with Crippen LogP contribution in [-0.2, 0) is 16.0 Å². The highest BCUT2D eigenvalue weighted by molar-refractivity contribution is 5.89. The van der Waals surface area contributed by atoms with Crippen LogP contribution in [0.15, 0.2) is 54.6 Å². The number of piperazine rings is 1. The Morgan fingerprint density at radius 1 is 1.06 bits per heavy atom. The second kappa shape index (κ2) is 8.80. The first-order valence-electron chi connectivity index (χ1n) is 11.5. The zero-order valence-electron chi connectivity index (χ0n) is 18.1. The van der Waals surface area contributed by atoms with Gasteiger partial charge in [-0.15, -0.1) is 0 Å². The maximum atomic E-state index is 12.7. The van der Waals surface area contributed by atoms with E-state index >= 15 is 0 Å². The van der Waals surface area contributed by atoms with E-state index in [4.69, 9.17) is 0 Å². The molecular formula is C27H28N2O3. The van der Waals surface area contributed by atoms with Crippen LogP contribution in [0, 0.1) is 17.8 Å². The van der Waals surface area contributed by atoms with Crippen molar-refractivity contribution >= 4 is 11.8 Å². The topological polar surface area (TPSA) is 60.9 Å². The van der Waals surface area contributed by atoms with Gasteiger partial charge in [-0.05, 0) is 36.1 Å². The number of amides is 2. The summed E-state index contributed by atoms with van der Waals surface area (Å²) in [5, 5.41) is 9.97. The molecule has 5 nitrogen and oxygen atoms in total. The van der Waals surface area contributed by atoms with Crippen LogP contribution >= 0.6 is 0 Å². The normalized spacial score (nSPS) is 24.7. The highest BCUT2D eigenvalue weighted by Crippen LogP contribution is 2.43. The Bertz CT molecular complexity index is 1050. The van der Waals surface area contributed by atoms with Gasteiger partial charge in [-0.1, -0.05) is 60.7 Å². The number of hydrogen-bond acceptors (Lipinski definition) is 3. The smallest absolute Gasteiger partial charge is 0.242 e. The lowest BCUT2D eigenvalue weighted by atomic mass is 9.73. The monoisotopic (exact) mass is 428 g/mol. The maximum absolute atomic E-state index is 12.7. The second-order valence-electron chi connectivity index (χ2n) is 9.08. The summed E-state index contributed by atoms with van der Waals surface area (Å²) in [5.41, 5.74) is 3.23. The second-order valence-corrected chi connectivity index (χ2v) is 9.08. The SMILES string of the molecule is O=C(C1CCC1)N1CC(=O)N2[C@@H](CO)[C@@H](c3ccc(C#CCc4ccccc4)cc3)[C@@H]2C1. The fourth-order valence-electron chi connectivity index (χ4n) is 5.21. The van der Waals surface area contributed by atoms with Gasteiger partial charge in [0.2, 0.25) is 11.8 Å². The van der Waals surface area contributed by atoms with E-state index in [2.05, 4.69) is 24.0 Å². The molecule has 164 valence electrons. The Kier molecular flexibility index (Phi) is 5.71. The molecule has 5 rings (SSSR count). The number of aliphatic hydroxyl groups excluding tert-OH is 1. The van der Waals surface area contributed by atoms with E-state index < -0.39 is 0 Å². The summed E-state index contributed by atoms with van der Waals surface area (Å²) < 4.78 is 0. The molecule has 0 spiro atoms. The lowest BCUT2D eigenvalue weighted by molar-refractivity contribution is -0.169. The molecule has 3 atom stereocenters. The van der Waals surface area contributed by atoms with Gasteiger partial charge in [0.25, 0.3) is 0 Å². The minimum absolute atomic E-state index is 0.0345. The molecule has 0 bridgehead atoms. The summed E-state index contributed by atoms with van der Waals surface area (Å²) in [5.74, 6) is 6.64. The van der Waals surface area contributed by atoms with E-state index in [0.29, 0.717) is 13.0 Å². The third-order valence-corrected chi connectivity index (χ3v) is 7.18. The largest absolute Gasteiger partial charge is 0.394 e. The van der Waals surface area contributed by atoms with Gasteiger partial charge in [0.1, 0.15) is 0 Å². The number of fused-ring (bicyclic) bond motifs is 1. The average molecular weight is 429 g/mol. The van der Waals surface area contributed by atoms with E-state index in [1.807, 2.05) is 42.5 Å². The van der Waals surface area contributed by atoms with Crippen LogP contribution in [0.2, 0.25) is 0 Å². The highest BCUT2D eigenvalue weighted by atomic mass is 16.3. The van der Waals surface area contributed by atoms with Crippen LogP contribution in [-0.4, -0.2) is 58.5 Å². The fraction of sp³-hybridized carbons (Fsp3) is 0.407. The molecule has 2 aromatic carbocycles. The zero-order chi connectivity index (χ0) is 22.1. The number of hydrogen-bond donors (Lipinski definition) is 1. The first-order valence-corrected chi connectivity index (χ1v) is 11.5. The molecule has 0 radical (unpaired) electrons. The molecule has 1 saturated carbocycles. The number of carbonyl (C=O) groups excluding carboxylic acids is 2. The van der Waals surface area contributed by atoms with E-state index in [0.717, 1.165) is 30.4 Å². The predicted molar refractivity (Wildman–Crippen MR) is 122 cm³/mol.